The summed E-state index contributed by atoms with van der Waals surface area (Å²) < 4.78 is 17.2. The molecule has 0 heterocycles. The SMILES string of the molecule is CC/C=C\C/C=C\C/C=C\C/C=C\C/C=C\C/C=C\CCCOCC(COC(=O)CCCC/C=C\C/C=C\C/C=C\C/C=C\CC)OC(=O)CCCCCCCCCCC. The van der Waals surface area contributed by atoms with Gasteiger partial charge in [0.05, 0.1) is 6.61 Å². The maximum absolute atomic E-state index is 12.7. The van der Waals surface area contributed by atoms with Crippen molar-refractivity contribution in [2.75, 3.05) is 19.8 Å². The number of ether oxygens (including phenoxy) is 3. The molecule has 0 saturated heterocycles. The van der Waals surface area contributed by atoms with Crippen molar-refractivity contribution in [1.82, 2.24) is 0 Å². The fourth-order valence-corrected chi connectivity index (χ4v) is 5.99. The van der Waals surface area contributed by atoms with E-state index in [9.17, 15) is 9.59 Å². The normalized spacial score (nSPS) is 13.3. The summed E-state index contributed by atoms with van der Waals surface area (Å²) in [5.74, 6) is -0.490. The Labute approximate surface area is 369 Å². The van der Waals surface area contributed by atoms with Crippen LogP contribution in [0.25, 0.3) is 0 Å². The Balaban J connectivity index is 4.40. The number of hydrogen-bond donors (Lipinski definition) is 0. The van der Waals surface area contributed by atoms with E-state index in [4.69, 9.17) is 14.2 Å². The highest BCUT2D eigenvalue weighted by molar-refractivity contribution is 5.70. The van der Waals surface area contributed by atoms with Crippen molar-refractivity contribution in [3.05, 3.63) is 122 Å². The molecule has 0 bridgehead atoms. The third-order valence-corrected chi connectivity index (χ3v) is 9.49. The van der Waals surface area contributed by atoms with Gasteiger partial charge in [0.25, 0.3) is 0 Å². The van der Waals surface area contributed by atoms with E-state index in [-0.39, 0.29) is 25.2 Å². The van der Waals surface area contributed by atoms with Crippen molar-refractivity contribution < 1.29 is 23.8 Å². The van der Waals surface area contributed by atoms with Crippen LogP contribution in [0.1, 0.15) is 188 Å². The molecular weight excluding hydrogens is 741 g/mol. The van der Waals surface area contributed by atoms with Crippen molar-refractivity contribution in [2.45, 2.75) is 194 Å². The summed E-state index contributed by atoms with van der Waals surface area (Å²) in [4.78, 5) is 25.2. The quantitative estimate of drug-likeness (QED) is 0.0348. The first-order chi connectivity index (χ1) is 29.6. The van der Waals surface area contributed by atoms with Crippen molar-refractivity contribution in [3.63, 3.8) is 0 Å². The molecule has 0 amide bonds. The molecular formula is C55H88O5. The van der Waals surface area contributed by atoms with Crippen LogP contribution in [0, 0.1) is 0 Å². The zero-order chi connectivity index (χ0) is 43.5. The highest BCUT2D eigenvalue weighted by Crippen LogP contribution is 2.12. The molecule has 0 aliphatic rings. The Morgan fingerprint density at radius 2 is 0.750 bits per heavy atom. The summed E-state index contributed by atoms with van der Waals surface area (Å²) >= 11 is 0. The second-order valence-electron chi connectivity index (χ2n) is 15.3. The third-order valence-electron chi connectivity index (χ3n) is 9.49. The number of hydrogen-bond acceptors (Lipinski definition) is 5. The van der Waals surface area contributed by atoms with E-state index in [0.29, 0.717) is 19.4 Å². The molecule has 0 aliphatic heterocycles. The Kier molecular flexibility index (Phi) is 46.6. The molecule has 0 rings (SSSR count). The predicted octanol–water partition coefficient (Wildman–Crippen LogP) is 16.2. The molecule has 0 radical (unpaired) electrons. The molecule has 0 aliphatic carbocycles. The Morgan fingerprint density at radius 3 is 1.20 bits per heavy atom. The van der Waals surface area contributed by atoms with Crippen LogP contribution in [0.4, 0.5) is 0 Å². The van der Waals surface area contributed by atoms with E-state index in [1.54, 1.807) is 0 Å². The van der Waals surface area contributed by atoms with Crippen LogP contribution in [0.2, 0.25) is 0 Å². The zero-order valence-electron chi connectivity index (χ0n) is 38.7. The first-order valence-corrected chi connectivity index (χ1v) is 24.1. The topological polar surface area (TPSA) is 61.8 Å². The van der Waals surface area contributed by atoms with E-state index in [0.717, 1.165) is 116 Å². The Bertz CT molecular complexity index is 1260. The second-order valence-corrected chi connectivity index (χ2v) is 15.3. The molecule has 1 unspecified atom stereocenters. The van der Waals surface area contributed by atoms with E-state index in [1.165, 1.54) is 38.5 Å². The van der Waals surface area contributed by atoms with E-state index in [1.807, 2.05) is 0 Å². The molecule has 5 nitrogen and oxygen atoms in total. The molecule has 5 heteroatoms. The molecule has 0 N–H and O–H groups in total. The van der Waals surface area contributed by atoms with Crippen LogP contribution in [-0.2, 0) is 23.8 Å². The number of carbonyl (C=O) groups excluding carboxylic acids is 2. The van der Waals surface area contributed by atoms with Gasteiger partial charge < -0.3 is 14.2 Å². The van der Waals surface area contributed by atoms with Gasteiger partial charge in [-0.1, -0.05) is 194 Å². The van der Waals surface area contributed by atoms with E-state index in [2.05, 4.69) is 142 Å². The van der Waals surface area contributed by atoms with Gasteiger partial charge >= 0.3 is 11.9 Å². The van der Waals surface area contributed by atoms with Gasteiger partial charge in [-0.2, -0.15) is 0 Å². The Morgan fingerprint density at radius 1 is 0.383 bits per heavy atom. The summed E-state index contributed by atoms with van der Waals surface area (Å²) in [6.07, 6.45) is 69.3. The lowest BCUT2D eigenvalue weighted by Gasteiger charge is -2.18. The Hall–Kier alpha value is -3.70. The largest absolute Gasteiger partial charge is 0.462 e. The monoisotopic (exact) mass is 829 g/mol. The average molecular weight is 829 g/mol. The van der Waals surface area contributed by atoms with Crippen LogP contribution >= 0.6 is 0 Å². The van der Waals surface area contributed by atoms with Crippen LogP contribution in [-0.4, -0.2) is 37.9 Å². The average Bonchev–Trinajstić information content (AvgIpc) is 3.25. The fourth-order valence-electron chi connectivity index (χ4n) is 5.99. The van der Waals surface area contributed by atoms with Gasteiger partial charge in [0, 0.05) is 19.4 Å². The number of esters is 2. The molecule has 1 atom stereocenters. The van der Waals surface area contributed by atoms with Crippen LogP contribution in [0.3, 0.4) is 0 Å². The minimum absolute atomic E-state index is 0.0341. The molecule has 0 fully saturated rings. The summed E-state index contributed by atoms with van der Waals surface area (Å²) in [5.41, 5.74) is 0. The standard InChI is InChI=1S/C55H88O5/c1-4-7-10-13-16-19-21-23-25-26-27-28-29-31-33-35-38-41-44-47-50-58-51-53(60-55(57)49-46-43-40-36-18-15-12-9-6-3)52-59-54(56)48-45-42-39-37-34-32-30-24-22-20-17-14-11-8-5-2/h7-8,10-11,16-17,19-20,23-25,27-28,30-31,33-34,37-38,41,53H,4-6,9,12-15,18,21-22,26,29,32,35-36,39-40,42-52H2,1-3H3/b10-7-,11-8-,19-16-,20-17-,25-23-,28-27-,30-24-,33-31-,37-34-,41-38-. The first-order valence-electron chi connectivity index (χ1n) is 24.1. The minimum Gasteiger partial charge on any atom is -0.462 e. The maximum Gasteiger partial charge on any atom is 0.306 e. The maximum atomic E-state index is 12.7. The lowest BCUT2D eigenvalue weighted by atomic mass is 10.1. The van der Waals surface area contributed by atoms with Crippen LogP contribution < -0.4 is 0 Å². The van der Waals surface area contributed by atoms with E-state index >= 15 is 0 Å². The van der Waals surface area contributed by atoms with Gasteiger partial charge in [0.1, 0.15) is 6.61 Å². The minimum atomic E-state index is -0.588. The molecule has 0 aromatic rings. The molecule has 0 saturated carbocycles. The smallest absolute Gasteiger partial charge is 0.306 e. The predicted molar refractivity (Wildman–Crippen MR) is 260 cm³/mol. The molecule has 0 spiro atoms. The van der Waals surface area contributed by atoms with Gasteiger partial charge in [-0.3, -0.25) is 9.59 Å². The number of carbonyl (C=O) groups is 2. The van der Waals surface area contributed by atoms with Crippen LogP contribution in [0.15, 0.2) is 122 Å². The molecule has 0 aromatic heterocycles. The summed E-state index contributed by atoms with van der Waals surface area (Å²) in [6.45, 7) is 7.37. The van der Waals surface area contributed by atoms with Crippen LogP contribution in [0.5, 0.6) is 0 Å². The third kappa shape index (κ3) is 47.0. The fraction of sp³-hybridized carbons (Fsp3) is 0.600. The number of allylic oxidation sites excluding steroid dienone is 20. The number of unbranched alkanes of at least 4 members (excludes halogenated alkanes) is 11. The van der Waals surface area contributed by atoms with Gasteiger partial charge in [-0.25, -0.2) is 0 Å². The van der Waals surface area contributed by atoms with Gasteiger partial charge in [-0.15, -0.1) is 0 Å². The lowest BCUT2D eigenvalue weighted by molar-refractivity contribution is -0.163. The van der Waals surface area contributed by atoms with Crippen molar-refractivity contribution in [2.24, 2.45) is 0 Å². The van der Waals surface area contributed by atoms with Gasteiger partial charge in [0.2, 0.25) is 0 Å². The second kappa shape index (κ2) is 49.7. The molecule has 338 valence electrons. The first kappa shape index (κ1) is 56.3. The summed E-state index contributed by atoms with van der Waals surface area (Å²) in [6, 6.07) is 0. The van der Waals surface area contributed by atoms with E-state index < -0.39 is 6.10 Å². The number of rotatable bonds is 42. The van der Waals surface area contributed by atoms with Gasteiger partial charge in [-0.05, 0) is 103 Å². The van der Waals surface area contributed by atoms with Crippen molar-refractivity contribution in [3.8, 4) is 0 Å². The molecule has 0 aromatic carbocycles. The summed E-state index contributed by atoms with van der Waals surface area (Å²) in [7, 11) is 0. The lowest BCUT2D eigenvalue weighted by Crippen LogP contribution is -2.30. The van der Waals surface area contributed by atoms with Crippen molar-refractivity contribution in [1.29, 1.82) is 0 Å². The summed E-state index contributed by atoms with van der Waals surface area (Å²) in [5, 5.41) is 0. The highest BCUT2D eigenvalue weighted by atomic mass is 16.6. The zero-order valence-corrected chi connectivity index (χ0v) is 38.7. The van der Waals surface area contributed by atoms with Crippen molar-refractivity contribution >= 4 is 11.9 Å². The van der Waals surface area contributed by atoms with Gasteiger partial charge in [0.15, 0.2) is 6.10 Å². The highest BCUT2D eigenvalue weighted by Gasteiger charge is 2.17. The molecule has 60 heavy (non-hydrogen) atoms.